The summed E-state index contributed by atoms with van der Waals surface area (Å²) in [5.41, 5.74) is 0. The molecule has 0 atom stereocenters. The van der Waals surface area contributed by atoms with Gasteiger partial charge in [-0.05, 0) is 19.3 Å². The van der Waals surface area contributed by atoms with E-state index in [0.717, 1.165) is 32.3 Å². The van der Waals surface area contributed by atoms with Gasteiger partial charge in [-0.2, -0.15) is 0 Å². The number of unbranched alkanes of at least 4 members (excludes halogenated alkanes) is 1. The van der Waals surface area contributed by atoms with Gasteiger partial charge in [-0.3, -0.25) is 9.69 Å². The van der Waals surface area contributed by atoms with E-state index in [1.165, 1.54) is 0 Å². The zero-order valence-electron chi connectivity index (χ0n) is 13.1. The second kappa shape index (κ2) is 11.9. The normalized spacial score (nSPS) is 14.8. The summed E-state index contributed by atoms with van der Waals surface area (Å²) in [5, 5.41) is 8.82. The highest BCUT2D eigenvalue weighted by Gasteiger charge is 2.29. The van der Waals surface area contributed by atoms with Crippen molar-refractivity contribution in [3.8, 4) is 0 Å². The lowest BCUT2D eigenvalue weighted by Gasteiger charge is -2.19. The van der Waals surface area contributed by atoms with Crippen LogP contribution in [0.15, 0.2) is 0 Å². The molecule has 0 aliphatic heterocycles. The Morgan fingerprint density at radius 3 is 2.14 bits per heavy atom. The van der Waals surface area contributed by atoms with E-state index in [4.69, 9.17) is 19.3 Å². The molecule has 0 amide bonds. The summed E-state index contributed by atoms with van der Waals surface area (Å²) in [5.74, 6) is -0.770. The van der Waals surface area contributed by atoms with E-state index >= 15 is 0 Å². The third kappa shape index (κ3) is 10.6. The third-order valence-electron chi connectivity index (χ3n) is 3.31. The van der Waals surface area contributed by atoms with Gasteiger partial charge in [0.15, 0.2) is 0 Å². The van der Waals surface area contributed by atoms with Gasteiger partial charge in [0.05, 0.1) is 39.6 Å². The first-order chi connectivity index (χ1) is 10.2. The predicted molar refractivity (Wildman–Crippen MR) is 79.6 cm³/mol. The molecule has 1 saturated carbocycles. The Morgan fingerprint density at radius 1 is 1.05 bits per heavy atom. The summed E-state index contributed by atoms with van der Waals surface area (Å²) in [7, 11) is 0. The molecule has 0 aromatic heterocycles. The summed E-state index contributed by atoms with van der Waals surface area (Å²) < 4.78 is 16.2. The number of hydrogen-bond donors (Lipinski definition) is 1. The number of hydrogen-bond acceptors (Lipinski definition) is 5. The van der Waals surface area contributed by atoms with Crippen LogP contribution >= 0.6 is 0 Å². The fraction of sp³-hybridized carbons (Fsp3) is 0.933. The van der Waals surface area contributed by atoms with Crippen molar-refractivity contribution in [2.24, 2.45) is 0 Å². The fourth-order valence-electron chi connectivity index (χ4n) is 1.97. The van der Waals surface area contributed by atoms with Crippen LogP contribution in [0.1, 0.15) is 32.6 Å². The maximum Gasteiger partial charge on any atom is 0.317 e. The van der Waals surface area contributed by atoms with E-state index in [-0.39, 0.29) is 6.54 Å². The van der Waals surface area contributed by atoms with Crippen molar-refractivity contribution in [1.82, 2.24) is 4.90 Å². The zero-order valence-corrected chi connectivity index (χ0v) is 13.1. The minimum Gasteiger partial charge on any atom is -0.480 e. The van der Waals surface area contributed by atoms with Crippen LogP contribution in [0.4, 0.5) is 0 Å². The molecule has 1 fully saturated rings. The highest BCUT2D eigenvalue weighted by Crippen LogP contribution is 2.26. The zero-order chi connectivity index (χ0) is 15.3. The van der Waals surface area contributed by atoms with Crippen molar-refractivity contribution in [2.75, 3.05) is 52.7 Å². The van der Waals surface area contributed by atoms with E-state index in [9.17, 15) is 4.79 Å². The molecule has 0 heterocycles. The van der Waals surface area contributed by atoms with E-state index in [0.29, 0.717) is 45.6 Å². The van der Waals surface area contributed by atoms with Gasteiger partial charge in [0.1, 0.15) is 0 Å². The molecule has 0 saturated heterocycles. The quantitative estimate of drug-likeness (QED) is 0.461. The average Bonchev–Trinajstić information content (AvgIpc) is 3.27. The molecule has 1 aliphatic rings. The highest BCUT2D eigenvalue weighted by atomic mass is 16.5. The summed E-state index contributed by atoms with van der Waals surface area (Å²) in [4.78, 5) is 12.7. The predicted octanol–water partition coefficient (Wildman–Crippen LogP) is 1.39. The fourth-order valence-corrected chi connectivity index (χ4v) is 1.97. The number of aliphatic carboxylic acids is 1. The average molecular weight is 303 g/mol. The Bertz CT molecular complexity index is 271. The van der Waals surface area contributed by atoms with Gasteiger partial charge in [0.25, 0.3) is 0 Å². The summed E-state index contributed by atoms with van der Waals surface area (Å²) >= 11 is 0. The highest BCUT2D eigenvalue weighted by molar-refractivity contribution is 5.69. The number of rotatable bonds is 15. The number of carboxylic acids is 1. The van der Waals surface area contributed by atoms with Crippen molar-refractivity contribution >= 4 is 5.97 Å². The van der Waals surface area contributed by atoms with Crippen molar-refractivity contribution in [1.29, 1.82) is 0 Å². The van der Waals surface area contributed by atoms with Crippen LogP contribution in [0.3, 0.4) is 0 Å². The van der Waals surface area contributed by atoms with E-state index < -0.39 is 5.97 Å². The van der Waals surface area contributed by atoms with Crippen molar-refractivity contribution in [2.45, 2.75) is 38.6 Å². The molecule has 0 unspecified atom stereocenters. The Hall–Kier alpha value is -0.690. The smallest absolute Gasteiger partial charge is 0.317 e. The largest absolute Gasteiger partial charge is 0.480 e. The van der Waals surface area contributed by atoms with E-state index in [1.807, 2.05) is 4.90 Å². The van der Waals surface area contributed by atoms with E-state index in [1.54, 1.807) is 0 Å². The molecule has 21 heavy (non-hydrogen) atoms. The van der Waals surface area contributed by atoms with Crippen LogP contribution in [0.25, 0.3) is 0 Å². The maximum atomic E-state index is 10.7. The van der Waals surface area contributed by atoms with Crippen LogP contribution in [-0.2, 0) is 19.0 Å². The van der Waals surface area contributed by atoms with Crippen LogP contribution in [-0.4, -0.2) is 74.7 Å². The SMILES string of the molecule is CCCCOCCOCCOCCN(CC(=O)O)C1CC1. The molecule has 1 rings (SSSR count). The number of carbonyl (C=O) groups is 1. The molecule has 0 bridgehead atoms. The van der Waals surface area contributed by atoms with Gasteiger partial charge >= 0.3 is 5.97 Å². The molecule has 6 heteroatoms. The molecule has 1 aliphatic carbocycles. The topological polar surface area (TPSA) is 68.2 Å². The van der Waals surface area contributed by atoms with Gasteiger partial charge in [-0.1, -0.05) is 13.3 Å². The Balaban J connectivity index is 1.84. The second-order valence-corrected chi connectivity index (χ2v) is 5.29. The lowest BCUT2D eigenvalue weighted by Crippen LogP contribution is -2.34. The molecule has 1 N–H and O–H groups in total. The summed E-state index contributed by atoms with van der Waals surface area (Å²) in [6.45, 7) is 6.61. The molecule has 0 radical (unpaired) electrons. The van der Waals surface area contributed by atoms with Gasteiger partial charge in [-0.25, -0.2) is 0 Å². The van der Waals surface area contributed by atoms with Crippen molar-refractivity contribution in [3.63, 3.8) is 0 Å². The first-order valence-electron chi connectivity index (χ1n) is 7.93. The number of ether oxygens (including phenoxy) is 3. The van der Waals surface area contributed by atoms with Crippen LogP contribution in [0.5, 0.6) is 0 Å². The van der Waals surface area contributed by atoms with Crippen molar-refractivity contribution in [3.05, 3.63) is 0 Å². The minimum absolute atomic E-state index is 0.111. The first-order valence-corrected chi connectivity index (χ1v) is 7.93. The summed E-state index contributed by atoms with van der Waals surface area (Å²) in [6, 6.07) is 0.446. The molecule has 0 aromatic carbocycles. The van der Waals surface area contributed by atoms with Crippen molar-refractivity contribution < 1.29 is 24.1 Å². The number of carboxylic acid groups (broad SMARTS) is 1. The lowest BCUT2D eigenvalue weighted by molar-refractivity contribution is -0.138. The van der Waals surface area contributed by atoms with Crippen LogP contribution in [0, 0.1) is 0 Å². The molecular weight excluding hydrogens is 274 g/mol. The van der Waals surface area contributed by atoms with Gasteiger partial charge < -0.3 is 19.3 Å². The molecule has 124 valence electrons. The standard InChI is InChI=1S/C15H29NO5/c1-2-3-7-19-9-11-21-12-10-20-8-6-16(13-15(17)18)14-4-5-14/h14H,2-13H2,1H3,(H,17,18). The van der Waals surface area contributed by atoms with Gasteiger partial charge in [-0.15, -0.1) is 0 Å². The third-order valence-corrected chi connectivity index (χ3v) is 3.31. The molecular formula is C15H29NO5. The molecule has 0 spiro atoms. The monoisotopic (exact) mass is 303 g/mol. The first kappa shape index (κ1) is 18.4. The Kier molecular flexibility index (Phi) is 10.4. The van der Waals surface area contributed by atoms with E-state index in [2.05, 4.69) is 6.92 Å². The van der Waals surface area contributed by atoms with Gasteiger partial charge in [0.2, 0.25) is 0 Å². The minimum atomic E-state index is -0.770. The van der Waals surface area contributed by atoms with Crippen LogP contribution in [0.2, 0.25) is 0 Å². The second-order valence-electron chi connectivity index (χ2n) is 5.29. The maximum absolute atomic E-state index is 10.7. The Labute approximate surface area is 127 Å². The number of nitrogens with zero attached hydrogens (tertiary/aromatic N) is 1. The van der Waals surface area contributed by atoms with Crippen LogP contribution < -0.4 is 0 Å². The Morgan fingerprint density at radius 2 is 1.62 bits per heavy atom. The molecule has 0 aromatic rings. The summed E-state index contributed by atoms with van der Waals surface area (Å²) in [6.07, 6.45) is 4.45. The van der Waals surface area contributed by atoms with Gasteiger partial charge in [0, 0.05) is 19.2 Å². The lowest BCUT2D eigenvalue weighted by atomic mass is 10.4. The molecule has 6 nitrogen and oxygen atoms in total.